The lowest BCUT2D eigenvalue weighted by Gasteiger charge is -2.36. The van der Waals surface area contributed by atoms with Crippen LogP contribution in [0.15, 0.2) is 12.2 Å². The summed E-state index contributed by atoms with van der Waals surface area (Å²) in [5.41, 5.74) is -0.719. The quantitative estimate of drug-likeness (QED) is 0.391. The molecule has 158 valence electrons. The van der Waals surface area contributed by atoms with Crippen molar-refractivity contribution in [2.24, 2.45) is 11.8 Å². The maximum atomic E-state index is 12.8. The van der Waals surface area contributed by atoms with Crippen LogP contribution in [0.4, 0.5) is 0 Å². The molecule has 3 heterocycles. The van der Waals surface area contributed by atoms with Crippen LogP contribution < -0.4 is 0 Å². The zero-order chi connectivity index (χ0) is 20.9. The van der Waals surface area contributed by atoms with E-state index < -0.39 is 65.7 Å². The summed E-state index contributed by atoms with van der Waals surface area (Å²) in [5.74, 6) is -4.96. The van der Waals surface area contributed by atoms with Crippen LogP contribution in [0.2, 0.25) is 0 Å². The molecule has 2 bridgehead atoms. The standard InChI is InChI=1S/C20H24O9/c1-9(2)18(24)29-20(6-4-3-5-7-20)8-10(21)26-15-13-11(17(22)23)12-14(27-13)16(15)28-19(12)25/h11-16H,1,3-8H2,2H3,(H,22,23). The van der Waals surface area contributed by atoms with Crippen LogP contribution in [0.25, 0.3) is 0 Å². The summed E-state index contributed by atoms with van der Waals surface area (Å²) < 4.78 is 22.1. The molecule has 3 saturated heterocycles. The van der Waals surface area contributed by atoms with Gasteiger partial charge in [0.1, 0.15) is 29.6 Å². The Morgan fingerprint density at radius 2 is 1.86 bits per heavy atom. The molecule has 3 aliphatic heterocycles. The third-order valence-corrected chi connectivity index (χ3v) is 6.35. The number of ether oxygens (including phenoxy) is 4. The number of hydrogen-bond donors (Lipinski definition) is 1. The van der Waals surface area contributed by atoms with Crippen molar-refractivity contribution in [3.05, 3.63) is 12.2 Å². The number of carbonyl (C=O) groups excluding carboxylic acids is 3. The number of carboxylic acid groups (broad SMARTS) is 1. The molecule has 1 N–H and O–H groups in total. The third kappa shape index (κ3) is 3.31. The largest absolute Gasteiger partial charge is 0.481 e. The van der Waals surface area contributed by atoms with Gasteiger partial charge in [0, 0.05) is 5.57 Å². The minimum Gasteiger partial charge on any atom is -0.481 e. The van der Waals surface area contributed by atoms with Crippen LogP contribution in [0.5, 0.6) is 0 Å². The molecule has 0 spiro atoms. The smallest absolute Gasteiger partial charge is 0.333 e. The first-order valence-corrected chi connectivity index (χ1v) is 9.89. The Labute approximate surface area is 167 Å². The molecule has 0 aromatic rings. The van der Waals surface area contributed by atoms with E-state index in [9.17, 15) is 24.3 Å². The van der Waals surface area contributed by atoms with E-state index in [0.29, 0.717) is 12.8 Å². The van der Waals surface area contributed by atoms with Crippen molar-refractivity contribution < 1.29 is 43.2 Å². The van der Waals surface area contributed by atoms with Crippen molar-refractivity contribution >= 4 is 23.9 Å². The first-order chi connectivity index (χ1) is 13.7. The lowest BCUT2D eigenvalue weighted by Crippen LogP contribution is -2.48. The fourth-order valence-electron chi connectivity index (χ4n) is 5.00. The molecule has 1 saturated carbocycles. The molecule has 0 aromatic carbocycles. The first kappa shape index (κ1) is 19.9. The highest BCUT2D eigenvalue weighted by atomic mass is 16.7. The lowest BCUT2D eigenvalue weighted by atomic mass is 9.78. The summed E-state index contributed by atoms with van der Waals surface area (Å²) in [6.07, 6.45) is 0.126. The number of aliphatic carboxylic acids is 1. The molecule has 1 aliphatic carbocycles. The zero-order valence-corrected chi connectivity index (χ0v) is 16.1. The predicted octanol–water partition coefficient (Wildman–Crippen LogP) is 1.13. The van der Waals surface area contributed by atoms with Crippen LogP contribution in [0.3, 0.4) is 0 Å². The molecule has 6 atom stereocenters. The van der Waals surface area contributed by atoms with Gasteiger partial charge in [-0.3, -0.25) is 14.4 Å². The van der Waals surface area contributed by atoms with Crippen molar-refractivity contribution in [1.29, 1.82) is 0 Å². The highest BCUT2D eigenvalue weighted by Gasteiger charge is 2.71. The molecule has 9 nitrogen and oxygen atoms in total. The normalized spacial score (nSPS) is 36.4. The van der Waals surface area contributed by atoms with E-state index in [4.69, 9.17) is 18.9 Å². The maximum Gasteiger partial charge on any atom is 0.333 e. The number of hydrogen-bond acceptors (Lipinski definition) is 8. The van der Waals surface area contributed by atoms with Crippen molar-refractivity contribution in [3.8, 4) is 0 Å². The van der Waals surface area contributed by atoms with Gasteiger partial charge >= 0.3 is 23.9 Å². The molecule has 6 unspecified atom stereocenters. The topological polar surface area (TPSA) is 125 Å². The van der Waals surface area contributed by atoms with Crippen molar-refractivity contribution in [2.45, 2.75) is 75.5 Å². The summed E-state index contributed by atoms with van der Waals surface area (Å²) in [7, 11) is 0. The monoisotopic (exact) mass is 408 g/mol. The van der Waals surface area contributed by atoms with Gasteiger partial charge in [-0.25, -0.2) is 4.79 Å². The highest BCUT2D eigenvalue weighted by Crippen LogP contribution is 2.51. The molecule has 29 heavy (non-hydrogen) atoms. The lowest BCUT2D eigenvalue weighted by molar-refractivity contribution is -0.175. The van der Waals surface area contributed by atoms with Gasteiger partial charge in [0.05, 0.1) is 6.42 Å². The predicted molar refractivity (Wildman–Crippen MR) is 94.4 cm³/mol. The summed E-state index contributed by atoms with van der Waals surface area (Å²) in [6.45, 7) is 5.13. The Balaban J connectivity index is 1.47. The molecule has 0 aromatic heterocycles. The Morgan fingerprint density at radius 3 is 2.48 bits per heavy atom. The summed E-state index contributed by atoms with van der Waals surface area (Å²) >= 11 is 0. The first-order valence-electron chi connectivity index (χ1n) is 9.89. The van der Waals surface area contributed by atoms with Crippen molar-refractivity contribution in [3.63, 3.8) is 0 Å². The molecule has 0 radical (unpaired) electrons. The SMILES string of the molecule is C=C(C)C(=O)OC1(CC(=O)OC2C3OC(=O)C4C3OC2C4C(=O)O)CCCCC1. The van der Waals surface area contributed by atoms with E-state index in [1.54, 1.807) is 6.92 Å². The Hall–Kier alpha value is -2.42. The highest BCUT2D eigenvalue weighted by molar-refractivity contribution is 5.88. The molecule has 4 aliphatic rings. The Kier molecular flexibility index (Phi) is 4.88. The maximum absolute atomic E-state index is 12.8. The van der Waals surface area contributed by atoms with Gasteiger partial charge < -0.3 is 24.1 Å². The fraction of sp³-hybridized carbons (Fsp3) is 0.700. The van der Waals surface area contributed by atoms with Gasteiger partial charge in [0.25, 0.3) is 0 Å². The number of rotatable bonds is 6. The Bertz CT molecular complexity index is 766. The molecule has 9 heteroatoms. The number of esters is 3. The number of carboxylic acids is 1. The average molecular weight is 408 g/mol. The van der Waals surface area contributed by atoms with E-state index >= 15 is 0 Å². The molecular weight excluding hydrogens is 384 g/mol. The van der Waals surface area contributed by atoms with Crippen molar-refractivity contribution in [1.82, 2.24) is 0 Å². The molecule has 4 rings (SSSR count). The van der Waals surface area contributed by atoms with E-state index in [-0.39, 0.29) is 12.0 Å². The van der Waals surface area contributed by atoms with Crippen LogP contribution in [-0.2, 0) is 38.1 Å². The van der Waals surface area contributed by atoms with Crippen LogP contribution in [0.1, 0.15) is 45.4 Å². The van der Waals surface area contributed by atoms with Gasteiger partial charge in [-0.2, -0.15) is 0 Å². The number of fused-ring (bicyclic) bond motifs is 1. The second-order valence-electron chi connectivity index (χ2n) is 8.40. The summed E-state index contributed by atoms with van der Waals surface area (Å²) in [5, 5.41) is 9.48. The van der Waals surface area contributed by atoms with E-state index in [1.165, 1.54) is 0 Å². The van der Waals surface area contributed by atoms with E-state index in [1.807, 2.05) is 0 Å². The van der Waals surface area contributed by atoms with Crippen molar-refractivity contribution in [2.75, 3.05) is 0 Å². The average Bonchev–Trinajstić information content (AvgIpc) is 3.25. The minimum atomic E-state index is -1.18. The number of carbonyl (C=O) groups is 4. The fourth-order valence-corrected chi connectivity index (χ4v) is 5.00. The van der Waals surface area contributed by atoms with Gasteiger partial charge in [-0.15, -0.1) is 0 Å². The molecule has 0 amide bonds. The minimum absolute atomic E-state index is 0.151. The molecule has 4 fully saturated rings. The van der Waals surface area contributed by atoms with Crippen LogP contribution in [0, 0.1) is 11.8 Å². The van der Waals surface area contributed by atoms with Gasteiger partial charge in [-0.05, 0) is 32.6 Å². The second kappa shape index (κ2) is 7.12. The van der Waals surface area contributed by atoms with E-state index in [2.05, 4.69) is 6.58 Å². The third-order valence-electron chi connectivity index (χ3n) is 6.35. The van der Waals surface area contributed by atoms with Crippen LogP contribution >= 0.6 is 0 Å². The van der Waals surface area contributed by atoms with Crippen LogP contribution in [-0.4, -0.2) is 59.0 Å². The van der Waals surface area contributed by atoms with Gasteiger partial charge in [-0.1, -0.05) is 13.0 Å². The second-order valence-corrected chi connectivity index (χ2v) is 8.40. The van der Waals surface area contributed by atoms with Gasteiger partial charge in [0.15, 0.2) is 12.2 Å². The molecular formula is C20H24O9. The zero-order valence-electron chi connectivity index (χ0n) is 16.1. The Morgan fingerprint density at radius 1 is 1.17 bits per heavy atom. The summed E-state index contributed by atoms with van der Waals surface area (Å²) in [6, 6.07) is 0. The van der Waals surface area contributed by atoms with E-state index in [0.717, 1.165) is 19.3 Å². The summed E-state index contributed by atoms with van der Waals surface area (Å²) in [4.78, 5) is 48.5. The van der Waals surface area contributed by atoms with Gasteiger partial charge in [0.2, 0.25) is 0 Å².